The number of hydrogen-bond acceptors (Lipinski definition) is 10. The van der Waals surface area contributed by atoms with E-state index in [1.807, 2.05) is 6.07 Å². The zero-order valence-electron chi connectivity index (χ0n) is 18.2. The molecule has 0 bridgehead atoms. The normalized spacial score (nSPS) is 23.1. The second-order valence-corrected chi connectivity index (χ2v) is 7.01. The molecule has 1 aromatic rings. The molecule has 12 nitrogen and oxygen atoms in total. The summed E-state index contributed by atoms with van der Waals surface area (Å²) in [4.78, 5) is 45.0. The van der Waals surface area contributed by atoms with Crippen molar-refractivity contribution < 1.29 is 33.3 Å². The SMILES string of the molecule is CC(=O)OC[C@H]1O[C@@H](n2cnc(C#N)c2N=C(C)N(C)C)[C@H](OC(C)=O)[C@@H]1OC(C)=O. The number of ether oxygens (including phenoxy) is 4. The maximum atomic E-state index is 11.8. The van der Waals surface area contributed by atoms with Crippen LogP contribution in [0, 0.1) is 11.3 Å². The van der Waals surface area contributed by atoms with Crippen LogP contribution in [0.25, 0.3) is 0 Å². The molecule has 0 spiro atoms. The number of carbonyl (C=O) groups excluding carboxylic acids is 3. The van der Waals surface area contributed by atoms with Gasteiger partial charge in [0.25, 0.3) is 0 Å². The Bertz CT molecular complexity index is 917. The van der Waals surface area contributed by atoms with Gasteiger partial charge in [0, 0.05) is 34.9 Å². The standard InChI is InChI=1S/C19H25N5O7/c1-10(23(5)6)22-18-14(7-20)21-9-24(18)19-17(30-13(4)27)16(29-12(3)26)15(31-19)8-28-11(2)25/h9,15-17,19H,8H2,1-6H3/t15-,16-,17-,19-/m1/s1. The minimum absolute atomic E-state index is 0.0267. The van der Waals surface area contributed by atoms with Crippen molar-refractivity contribution in [3.63, 3.8) is 0 Å². The van der Waals surface area contributed by atoms with Crippen LogP contribution in [0.3, 0.4) is 0 Å². The van der Waals surface area contributed by atoms with Crippen molar-refractivity contribution in [2.75, 3.05) is 20.7 Å². The number of rotatable bonds is 6. The molecule has 1 aliphatic rings. The smallest absolute Gasteiger partial charge is 0.303 e. The van der Waals surface area contributed by atoms with Gasteiger partial charge in [0.1, 0.15) is 30.9 Å². The van der Waals surface area contributed by atoms with Gasteiger partial charge in [-0.05, 0) is 6.92 Å². The van der Waals surface area contributed by atoms with Gasteiger partial charge in [0.2, 0.25) is 0 Å². The quantitative estimate of drug-likeness (QED) is 0.271. The number of hydrogen-bond donors (Lipinski definition) is 0. The molecule has 4 atom stereocenters. The second-order valence-electron chi connectivity index (χ2n) is 7.01. The lowest BCUT2D eigenvalue weighted by Crippen LogP contribution is -2.40. The number of aromatic nitrogens is 2. The third kappa shape index (κ3) is 5.79. The Kier molecular flexibility index (Phi) is 7.71. The number of aliphatic imine (C=N–C) groups is 1. The minimum Gasteiger partial charge on any atom is -0.463 e. The summed E-state index contributed by atoms with van der Waals surface area (Å²) in [5.41, 5.74) is 0.0267. The van der Waals surface area contributed by atoms with Crippen LogP contribution in [0.2, 0.25) is 0 Å². The maximum Gasteiger partial charge on any atom is 0.303 e. The summed E-state index contributed by atoms with van der Waals surface area (Å²) in [6, 6.07) is 1.96. The predicted octanol–water partition coefficient (Wildman–Crippen LogP) is 0.690. The molecular formula is C19H25N5O7. The molecule has 2 rings (SSSR count). The number of esters is 3. The molecule has 0 radical (unpaired) electrons. The summed E-state index contributed by atoms with van der Waals surface area (Å²) in [7, 11) is 3.57. The highest BCUT2D eigenvalue weighted by Crippen LogP contribution is 2.37. The first-order chi connectivity index (χ1) is 14.5. The number of imidazole rings is 1. The number of carbonyl (C=O) groups is 3. The number of nitrogens with zero attached hydrogens (tertiary/aromatic N) is 5. The van der Waals surface area contributed by atoms with Gasteiger partial charge in [-0.1, -0.05) is 0 Å². The highest BCUT2D eigenvalue weighted by atomic mass is 16.7. The molecular weight excluding hydrogens is 410 g/mol. The Labute approximate surface area is 179 Å². The first kappa shape index (κ1) is 23.8. The van der Waals surface area contributed by atoms with Crippen molar-refractivity contribution in [3.8, 4) is 6.07 Å². The van der Waals surface area contributed by atoms with E-state index >= 15 is 0 Å². The van der Waals surface area contributed by atoms with Crippen molar-refractivity contribution in [1.29, 1.82) is 5.26 Å². The Balaban J connectivity index is 2.54. The Hall–Kier alpha value is -3.46. The second kappa shape index (κ2) is 10.0. The lowest BCUT2D eigenvalue weighted by molar-refractivity contribution is -0.166. The van der Waals surface area contributed by atoms with Crippen LogP contribution in [-0.4, -0.2) is 77.2 Å². The number of amidine groups is 1. The first-order valence-electron chi connectivity index (χ1n) is 9.38. The molecule has 0 unspecified atom stereocenters. The monoisotopic (exact) mass is 435 g/mol. The van der Waals surface area contributed by atoms with E-state index in [0.717, 1.165) is 0 Å². The molecule has 1 saturated heterocycles. The minimum atomic E-state index is -1.10. The summed E-state index contributed by atoms with van der Waals surface area (Å²) in [5, 5.41) is 9.44. The fourth-order valence-corrected chi connectivity index (χ4v) is 2.90. The fourth-order valence-electron chi connectivity index (χ4n) is 2.90. The van der Waals surface area contributed by atoms with Crippen LogP contribution in [0.15, 0.2) is 11.3 Å². The third-order valence-electron chi connectivity index (χ3n) is 4.40. The summed E-state index contributed by atoms with van der Waals surface area (Å²) >= 11 is 0. The molecule has 0 amide bonds. The van der Waals surface area contributed by atoms with Crippen LogP contribution in [0.1, 0.15) is 39.6 Å². The molecule has 168 valence electrons. The van der Waals surface area contributed by atoms with Gasteiger partial charge >= 0.3 is 17.9 Å². The maximum absolute atomic E-state index is 11.8. The zero-order valence-corrected chi connectivity index (χ0v) is 18.2. The molecule has 1 aromatic heterocycles. The van der Waals surface area contributed by atoms with E-state index in [0.29, 0.717) is 5.84 Å². The molecule has 1 aliphatic heterocycles. The van der Waals surface area contributed by atoms with Gasteiger partial charge in [-0.25, -0.2) is 9.98 Å². The summed E-state index contributed by atoms with van der Waals surface area (Å²) in [6.07, 6.45) is -2.82. The fraction of sp³-hybridized carbons (Fsp3) is 0.579. The highest BCUT2D eigenvalue weighted by molar-refractivity contribution is 5.82. The number of nitriles is 1. The molecule has 0 saturated carbocycles. The molecule has 0 aliphatic carbocycles. The van der Waals surface area contributed by atoms with Gasteiger partial charge in [0.15, 0.2) is 29.9 Å². The van der Waals surface area contributed by atoms with Gasteiger partial charge in [-0.2, -0.15) is 5.26 Å². The van der Waals surface area contributed by atoms with Crippen molar-refractivity contribution in [1.82, 2.24) is 14.5 Å². The van der Waals surface area contributed by atoms with E-state index in [1.54, 1.807) is 25.9 Å². The molecule has 31 heavy (non-hydrogen) atoms. The molecule has 2 heterocycles. The van der Waals surface area contributed by atoms with Crippen LogP contribution in [-0.2, 0) is 33.3 Å². The van der Waals surface area contributed by atoms with Gasteiger partial charge in [-0.3, -0.25) is 19.0 Å². The lowest BCUT2D eigenvalue weighted by Gasteiger charge is -2.24. The molecule has 1 fully saturated rings. The van der Waals surface area contributed by atoms with E-state index in [4.69, 9.17) is 18.9 Å². The van der Waals surface area contributed by atoms with Gasteiger partial charge in [0.05, 0.1) is 0 Å². The van der Waals surface area contributed by atoms with Crippen molar-refractivity contribution in [2.24, 2.45) is 4.99 Å². The average Bonchev–Trinajstić information content (AvgIpc) is 3.20. The van der Waals surface area contributed by atoms with Crippen molar-refractivity contribution in [3.05, 3.63) is 12.0 Å². The summed E-state index contributed by atoms with van der Waals surface area (Å²) < 4.78 is 23.2. The Morgan fingerprint density at radius 3 is 2.29 bits per heavy atom. The molecule has 0 N–H and O–H groups in total. The first-order valence-corrected chi connectivity index (χ1v) is 9.38. The molecule has 0 aromatic carbocycles. The van der Waals surface area contributed by atoms with Crippen LogP contribution >= 0.6 is 0 Å². The van der Waals surface area contributed by atoms with Crippen LogP contribution in [0.4, 0.5) is 5.82 Å². The van der Waals surface area contributed by atoms with E-state index in [2.05, 4.69) is 9.98 Å². The van der Waals surface area contributed by atoms with E-state index in [1.165, 1.54) is 31.7 Å². The van der Waals surface area contributed by atoms with Crippen molar-refractivity contribution >= 4 is 29.6 Å². The molecule has 12 heteroatoms. The van der Waals surface area contributed by atoms with E-state index in [-0.39, 0.29) is 18.1 Å². The largest absolute Gasteiger partial charge is 0.463 e. The predicted molar refractivity (Wildman–Crippen MR) is 105 cm³/mol. The average molecular weight is 435 g/mol. The van der Waals surface area contributed by atoms with E-state index < -0.39 is 42.4 Å². The summed E-state index contributed by atoms with van der Waals surface area (Å²) in [6.45, 7) is 5.12. The van der Waals surface area contributed by atoms with Crippen LogP contribution in [0.5, 0.6) is 0 Å². The van der Waals surface area contributed by atoms with Gasteiger partial charge in [-0.15, -0.1) is 0 Å². The Morgan fingerprint density at radius 2 is 1.77 bits per heavy atom. The highest BCUT2D eigenvalue weighted by Gasteiger charge is 2.51. The van der Waals surface area contributed by atoms with Crippen LogP contribution < -0.4 is 0 Å². The summed E-state index contributed by atoms with van der Waals surface area (Å²) in [5.74, 6) is -1.08. The Morgan fingerprint density at radius 1 is 1.16 bits per heavy atom. The van der Waals surface area contributed by atoms with E-state index in [9.17, 15) is 19.6 Å². The van der Waals surface area contributed by atoms with Gasteiger partial charge < -0.3 is 23.8 Å². The topological polar surface area (TPSA) is 145 Å². The zero-order chi connectivity index (χ0) is 23.3. The third-order valence-corrected chi connectivity index (χ3v) is 4.40. The van der Waals surface area contributed by atoms with Crippen molar-refractivity contribution in [2.45, 2.75) is 52.2 Å². The lowest BCUT2D eigenvalue weighted by atomic mass is 10.1.